The fourth-order valence-electron chi connectivity index (χ4n) is 4.42. The van der Waals surface area contributed by atoms with E-state index in [0.29, 0.717) is 17.7 Å². The van der Waals surface area contributed by atoms with Crippen LogP contribution in [0, 0.1) is 5.92 Å². The van der Waals surface area contributed by atoms with Crippen LogP contribution in [0.25, 0.3) is 0 Å². The number of hydrogen-bond donors (Lipinski definition) is 2. The molecular formula is C25H31N3O3. The first-order valence-electron chi connectivity index (χ1n) is 11.6. The summed E-state index contributed by atoms with van der Waals surface area (Å²) in [6.45, 7) is 3.40. The van der Waals surface area contributed by atoms with Gasteiger partial charge in [-0.15, -0.1) is 0 Å². The summed E-state index contributed by atoms with van der Waals surface area (Å²) < 4.78 is 11.4. The molecule has 0 unspecified atom stereocenters. The SMILES string of the molecule is O=C(N[C@@H]1Cc2ccc(CNC[C@@H]3CCCO3)cc2C1)c1ccc(OCC2CC2)cn1. The fraction of sp³-hybridized carbons (Fsp3) is 0.520. The minimum atomic E-state index is -0.120. The molecule has 1 amide bonds. The minimum Gasteiger partial charge on any atom is -0.492 e. The lowest BCUT2D eigenvalue weighted by Gasteiger charge is -2.12. The van der Waals surface area contributed by atoms with Crippen molar-refractivity contribution in [3.05, 3.63) is 58.9 Å². The number of fused-ring (bicyclic) bond motifs is 1. The molecule has 31 heavy (non-hydrogen) atoms. The molecule has 5 rings (SSSR count). The first-order chi connectivity index (χ1) is 15.2. The van der Waals surface area contributed by atoms with Gasteiger partial charge in [0.15, 0.2) is 0 Å². The average molecular weight is 422 g/mol. The van der Waals surface area contributed by atoms with Gasteiger partial charge < -0.3 is 20.1 Å². The summed E-state index contributed by atoms with van der Waals surface area (Å²) in [6, 6.07) is 10.4. The van der Waals surface area contributed by atoms with Crippen LogP contribution in [0.3, 0.4) is 0 Å². The van der Waals surface area contributed by atoms with Gasteiger partial charge in [-0.1, -0.05) is 18.2 Å². The second kappa shape index (κ2) is 9.37. The summed E-state index contributed by atoms with van der Waals surface area (Å²) in [5.74, 6) is 1.31. The van der Waals surface area contributed by atoms with Crippen LogP contribution in [-0.2, 0) is 24.1 Å². The summed E-state index contributed by atoms with van der Waals surface area (Å²) in [4.78, 5) is 16.9. The number of ether oxygens (including phenoxy) is 2. The Morgan fingerprint density at radius 2 is 2.03 bits per heavy atom. The van der Waals surface area contributed by atoms with Gasteiger partial charge in [-0.3, -0.25) is 4.79 Å². The second-order valence-electron chi connectivity index (χ2n) is 9.08. The first kappa shape index (κ1) is 20.5. The number of hydrogen-bond acceptors (Lipinski definition) is 5. The highest BCUT2D eigenvalue weighted by Gasteiger charge is 2.24. The van der Waals surface area contributed by atoms with Gasteiger partial charge in [-0.25, -0.2) is 4.98 Å². The van der Waals surface area contributed by atoms with Crippen LogP contribution in [-0.4, -0.2) is 42.8 Å². The van der Waals surface area contributed by atoms with Crippen LogP contribution in [0.1, 0.15) is 52.9 Å². The molecule has 1 saturated heterocycles. The molecule has 3 aliphatic rings. The highest BCUT2D eigenvalue weighted by atomic mass is 16.5. The Balaban J connectivity index is 1.10. The summed E-state index contributed by atoms with van der Waals surface area (Å²) in [7, 11) is 0. The van der Waals surface area contributed by atoms with Crippen molar-refractivity contribution in [1.82, 2.24) is 15.6 Å². The van der Waals surface area contributed by atoms with Crippen molar-refractivity contribution in [2.24, 2.45) is 5.92 Å². The van der Waals surface area contributed by atoms with Crippen molar-refractivity contribution in [3.8, 4) is 5.75 Å². The highest BCUT2D eigenvalue weighted by Crippen LogP contribution is 2.29. The van der Waals surface area contributed by atoms with Crippen molar-refractivity contribution >= 4 is 5.91 Å². The molecular weight excluding hydrogens is 390 g/mol. The fourth-order valence-corrected chi connectivity index (χ4v) is 4.42. The van der Waals surface area contributed by atoms with E-state index in [9.17, 15) is 4.79 Å². The molecule has 2 atom stereocenters. The molecule has 1 aromatic heterocycles. The van der Waals surface area contributed by atoms with E-state index in [2.05, 4.69) is 33.8 Å². The van der Waals surface area contributed by atoms with Crippen LogP contribution in [0.4, 0.5) is 0 Å². The van der Waals surface area contributed by atoms with E-state index in [0.717, 1.165) is 51.3 Å². The molecule has 6 heteroatoms. The summed E-state index contributed by atoms with van der Waals surface area (Å²) in [6.07, 6.45) is 8.58. The van der Waals surface area contributed by atoms with Crippen molar-refractivity contribution in [2.75, 3.05) is 19.8 Å². The van der Waals surface area contributed by atoms with Gasteiger partial charge in [0.1, 0.15) is 11.4 Å². The Morgan fingerprint density at radius 3 is 2.81 bits per heavy atom. The molecule has 1 saturated carbocycles. The summed E-state index contributed by atoms with van der Waals surface area (Å²) in [5, 5.41) is 6.66. The molecule has 164 valence electrons. The van der Waals surface area contributed by atoms with Crippen molar-refractivity contribution in [2.45, 2.75) is 57.2 Å². The van der Waals surface area contributed by atoms with Crippen LogP contribution in [0.5, 0.6) is 5.75 Å². The number of amides is 1. The molecule has 2 aliphatic carbocycles. The van der Waals surface area contributed by atoms with Crippen molar-refractivity contribution in [1.29, 1.82) is 0 Å². The molecule has 1 aromatic carbocycles. The van der Waals surface area contributed by atoms with E-state index in [-0.39, 0.29) is 11.9 Å². The lowest BCUT2D eigenvalue weighted by molar-refractivity contribution is 0.0933. The zero-order valence-corrected chi connectivity index (χ0v) is 17.9. The second-order valence-corrected chi connectivity index (χ2v) is 9.08. The molecule has 2 fully saturated rings. The maximum Gasteiger partial charge on any atom is 0.270 e. The van der Waals surface area contributed by atoms with Gasteiger partial charge in [0.2, 0.25) is 0 Å². The first-order valence-corrected chi connectivity index (χ1v) is 11.6. The summed E-state index contributed by atoms with van der Waals surface area (Å²) in [5.41, 5.74) is 4.38. The quantitative estimate of drug-likeness (QED) is 0.651. The van der Waals surface area contributed by atoms with E-state index in [1.54, 1.807) is 12.3 Å². The van der Waals surface area contributed by atoms with E-state index in [1.807, 2.05) is 6.07 Å². The monoisotopic (exact) mass is 421 g/mol. The van der Waals surface area contributed by atoms with Gasteiger partial charge >= 0.3 is 0 Å². The maximum absolute atomic E-state index is 12.6. The Labute approximate surface area is 183 Å². The number of nitrogens with one attached hydrogen (secondary N) is 2. The highest BCUT2D eigenvalue weighted by molar-refractivity contribution is 5.92. The molecule has 2 N–H and O–H groups in total. The Kier molecular flexibility index (Phi) is 6.18. The number of aromatic nitrogens is 1. The molecule has 6 nitrogen and oxygen atoms in total. The van der Waals surface area contributed by atoms with Gasteiger partial charge in [-0.05, 0) is 73.3 Å². The Bertz CT molecular complexity index is 905. The number of carbonyl (C=O) groups excluding carboxylic acids is 1. The lowest BCUT2D eigenvalue weighted by atomic mass is 10.1. The van der Waals surface area contributed by atoms with Crippen LogP contribution >= 0.6 is 0 Å². The maximum atomic E-state index is 12.6. The zero-order chi connectivity index (χ0) is 21.0. The summed E-state index contributed by atoms with van der Waals surface area (Å²) >= 11 is 0. The third kappa shape index (κ3) is 5.43. The third-order valence-corrected chi connectivity index (χ3v) is 6.42. The number of benzene rings is 1. The molecule has 2 aromatic rings. The van der Waals surface area contributed by atoms with Crippen LogP contribution in [0.2, 0.25) is 0 Å². The van der Waals surface area contributed by atoms with Gasteiger partial charge in [0.25, 0.3) is 5.91 Å². The molecule has 0 bridgehead atoms. The minimum absolute atomic E-state index is 0.116. The molecule has 1 aliphatic heterocycles. The normalized spacial score (nSPS) is 22.3. The van der Waals surface area contributed by atoms with E-state index >= 15 is 0 Å². The predicted octanol–water partition coefficient (Wildman–Crippen LogP) is 3.04. The van der Waals surface area contributed by atoms with Crippen molar-refractivity contribution < 1.29 is 14.3 Å². The van der Waals surface area contributed by atoms with Crippen LogP contribution < -0.4 is 15.4 Å². The predicted molar refractivity (Wildman–Crippen MR) is 118 cm³/mol. The van der Waals surface area contributed by atoms with Gasteiger partial charge in [0.05, 0.1) is 18.9 Å². The number of pyridine rings is 1. The average Bonchev–Trinajstić information content (AvgIpc) is 3.30. The number of carbonyl (C=O) groups is 1. The molecule has 0 spiro atoms. The third-order valence-electron chi connectivity index (χ3n) is 6.42. The van der Waals surface area contributed by atoms with E-state index in [4.69, 9.17) is 9.47 Å². The van der Waals surface area contributed by atoms with Crippen molar-refractivity contribution in [3.63, 3.8) is 0 Å². The molecule has 2 heterocycles. The zero-order valence-electron chi connectivity index (χ0n) is 17.9. The Hall–Kier alpha value is -2.44. The number of rotatable bonds is 9. The number of nitrogens with zero attached hydrogens (tertiary/aromatic N) is 1. The van der Waals surface area contributed by atoms with E-state index < -0.39 is 0 Å². The topological polar surface area (TPSA) is 72.5 Å². The van der Waals surface area contributed by atoms with Crippen LogP contribution in [0.15, 0.2) is 36.5 Å². The largest absolute Gasteiger partial charge is 0.492 e. The van der Waals surface area contributed by atoms with Gasteiger partial charge in [-0.2, -0.15) is 0 Å². The smallest absolute Gasteiger partial charge is 0.270 e. The lowest BCUT2D eigenvalue weighted by Crippen LogP contribution is -2.35. The van der Waals surface area contributed by atoms with Gasteiger partial charge in [0, 0.05) is 25.7 Å². The van der Waals surface area contributed by atoms with E-state index in [1.165, 1.54) is 36.0 Å². The Morgan fingerprint density at radius 1 is 1.13 bits per heavy atom. The molecule has 0 radical (unpaired) electrons. The standard InChI is InChI=1S/C25H31N3O3/c29-25(24-8-7-23(15-27-24)31-16-17-3-4-17)28-21-11-19-6-5-18(10-20(19)12-21)13-26-14-22-2-1-9-30-22/h5-8,10,15,17,21-22,26H,1-4,9,11-14,16H2,(H,28,29)/t21-,22+/m1/s1.